The summed E-state index contributed by atoms with van der Waals surface area (Å²) in [7, 11) is 0. The molecule has 1 aliphatic heterocycles. The predicted octanol–water partition coefficient (Wildman–Crippen LogP) is 3.78. The number of aryl methyl sites for hydroxylation is 1. The fourth-order valence-corrected chi connectivity index (χ4v) is 3.76. The van der Waals surface area contributed by atoms with E-state index in [2.05, 4.69) is 0 Å². The quantitative estimate of drug-likeness (QED) is 0.501. The van der Waals surface area contributed by atoms with E-state index in [1.54, 1.807) is 23.1 Å². The van der Waals surface area contributed by atoms with Crippen molar-refractivity contribution in [2.24, 2.45) is 0 Å². The van der Waals surface area contributed by atoms with E-state index in [-0.39, 0.29) is 24.1 Å². The van der Waals surface area contributed by atoms with E-state index in [9.17, 15) is 14.4 Å². The van der Waals surface area contributed by atoms with Gasteiger partial charge in [-0.05, 0) is 31.0 Å². The van der Waals surface area contributed by atoms with Gasteiger partial charge in [-0.25, -0.2) is 0 Å². The minimum atomic E-state index is -0.406. The third-order valence-corrected chi connectivity index (χ3v) is 5.50. The third kappa shape index (κ3) is 5.45. The Balaban J connectivity index is 1.45. The molecule has 1 fully saturated rings. The minimum Gasteiger partial charge on any atom is -0.457 e. The van der Waals surface area contributed by atoms with Crippen LogP contribution in [0.25, 0.3) is 0 Å². The van der Waals surface area contributed by atoms with Crippen molar-refractivity contribution in [2.45, 2.75) is 25.5 Å². The standard InChI is InChI=1S/C22H23NO4S/c1-16-7-9-17(10-8-16)14-28-15-22(26)27-13-20(24)18-4-2-5-19(12-18)23-11-3-6-21(23)25/h2,4-5,7-10,12H,3,6,11,13-15H2,1H3. The predicted molar refractivity (Wildman–Crippen MR) is 111 cm³/mol. The van der Waals surface area contributed by atoms with Gasteiger partial charge in [-0.15, -0.1) is 11.8 Å². The van der Waals surface area contributed by atoms with Crippen molar-refractivity contribution < 1.29 is 19.1 Å². The second kappa shape index (κ2) is 9.55. The zero-order valence-corrected chi connectivity index (χ0v) is 16.7. The first-order chi connectivity index (χ1) is 13.5. The summed E-state index contributed by atoms with van der Waals surface area (Å²) in [4.78, 5) is 37.8. The summed E-state index contributed by atoms with van der Waals surface area (Å²) in [5.74, 6) is 0.307. The molecule has 0 saturated carbocycles. The molecule has 0 aliphatic carbocycles. The number of ether oxygens (including phenoxy) is 1. The SMILES string of the molecule is Cc1ccc(CSCC(=O)OCC(=O)c2cccc(N3CCCC3=O)c2)cc1. The maximum Gasteiger partial charge on any atom is 0.316 e. The number of thioether (sulfide) groups is 1. The number of nitrogens with zero attached hydrogens (tertiary/aromatic N) is 1. The molecular weight excluding hydrogens is 374 g/mol. The van der Waals surface area contributed by atoms with Gasteiger partial charge in [-0.2, -0.15) is 0 Å². The summed E-state index contributed by atoms with van der Waals surface area (Å²) in [6.07, 6.45) is 1.37. The Bertz CT molecular complexity index is 863. The largest absolute Gasteiger partial charge is 0.457 e. The van der Waals surface area contributed by atoms with Crippen LogP contribution in [0.5, 0.6) is 0 Å². The molecule has 0 unspecified atom stereocenters. The van der Waals surface area contributed by atoms with Crippen molar-refractivity contribution in [1.82, 2.24) is 0 Å². The molecule has 0 atom stereocenters. The first-order valence-electron chi connectivity index (χ1n) is 9.25. The monoisotopic (exact) mass is 397 g/mol. The number of Topliss-reactive ketones (excluding diaryl/α,β-unsaturated/α-hetero) is 1. The normalized spacial score (nSPS) is 13.6. The lowest BCUT2D eigenvalue weighted by Gasteiger charge is -2.16. The summed E-state index contributed by atoms with van der Waals surface area (Å²) in [6.45, 7) is 2.41. The summed E-state index contributed by atoms with van der Waals surface area (Å²) in [5.41, 5.74) is 3.50. The Morgan fingerprint density at radius 1 is 1.14 bits per heavy atom. The van der Waals surface area contributed by atoms with Crippen LogP contribution in [0.2, 0.25) is 0 Å². The van der Waals surface area contributed by atoms with E-state index < -0.39 is 5.97 Å². The lowest BCUT2D eigenvalue weighted by molar-refractivity contribution is -0.139. The van der Waals surface area contributed by atoms with E-state index in [0.29, 0.717) is 24.2 Å². The molecule has 28 heavy (non-hydrogen) atoms. The summed E-state index contributed by atoms with van der Waals surface area (Å²) in [6, 6.07) is 15.1. The highest BCUT2D eigenvalue weighted by Crippen LogP contribution is 2.22. The molecule has 3 rings (SSSR count). The van der Waals surface area contributed by atoms with E-state index >= 15 is 0 Å². The molecule has 146 valence electrons. The van der Waals surface area contributed by atoms with Crippen molar-refractivity contribution in [3.63, 3.8) is 0 Å². The smallest absolute Gasteiger partial charge is 0.316 e. The highest BCUT2D eigenvalue weighted by atomic mass is 32.2. The molecule has 0 radical (unpaired) electrons. The average Bonchev–Trinajstić information content (AvgIpc) is 3.13. The lowest BCUT2D eigenvalue weighted by atomic mass is 10.1. The molecule has 1 aliphatic rings. The van der Waals surface area contributed by atoms with E-state index in [0.717, 1.165) is 17.7 Å². The number of benzene rings is 2. The van der Waals surface area contributed by atoms with Crippen molar-refractivity contribution in [3.8, 4) is 0 Å². The van der Waals surface area contributed by atoms with Crippen LogP contribution in [-0.2, 0) is 20.1 Å². The number of carbonyl (C=O) groups is 3. The summed E-state index contributed by atoms with van der Waals surface area (Å²) >= 11 is 1.46. The Morgan fingerprint density at radius 3 is 2.64 bits per heavy atom. The van der Waals surface area contributed by atoms with Crippen molar-refractivity contribution in [3.05, 3.63) is 65.2 Å². The van der Waals surface area contributed by atoms with E-state index in [4.69, 9.17) is 4.74 Å². The van der Waals surface area contributed by atoms with Gasteiger partial charge in [0.25, 0.3) is 0 Å². The molecule has 1 saturated heterocycles. The maximum atomic E-state index is 12.3. The van der Waals surface area contributed by atoms with Crippen molar-refractivity contribution >= 4 is 35.1 Å². The van der Waals surface area contributed by atoms with Gasteiger partial charge < -0.3 is 9.64 Å². The summed E-state index contributed by atoms with van der Waals surface area (Å²) in [5, 5.41) is 0. The van der Waals surface area contributed by atoms with Crippen LogP contribution in [-0.4, -0.2) is 36.6 Å². The van der Waals surface area contributed by atoms with Gasteiger partial charge in [0.2, 0.25) is 5.91 Å². The van der Waals surface area contributed by atoms with Crippen LogP contribution < -0.4 is 4.90 Å². The number of amides is 1. The van der Waals surface area contributed by atoms with Crippen LogP contribution in [0.4, 0.5) is 5.69 Å². The molecule has 6 heteroatoms. The first-order valence-corrected chi connectivity index (χ1v) is 10.4. The molecule has 0 N–H and O–H groups in total. The number of rotatable bonds is 8. The molecule has 1 heterocycles. The third-order valence-electron chi connectivity index (χ3n) is 4.53. The second-order valence-corrected chi connectivity index (χ2v) is 7.75. The minimum absolute atomic E-state index is 0.0710. The first kappa shape index (κ1) is 20.1. The highest BCUT2D eigenvalue weighted by molar-refractivity contribution is 7.99. The zero-order valence-electron chi connectivity index (χ0n) is 15.8. The molecule has 0 bridgehead atoms. The Hall–Kier alpha value is -2.60. The van der Waals surface area contributed by atoms with Gasteiger partial charge in [0.15, 0.2) is 12.4 Å². The van der Waals surface area contributed by atoms with Crippen molar-refractivity contribution in [2.75, 3.05) is 23.8 Å². The maximum absolute atomic E-state index is 12.3. The van der Waals surface area contributed by atoms with Gasteiger partial charge >= 0.3 is 5.97 Å². The van der Waals surface area contributed by atoms with Crippen molar-refractivity contribution in [1.29, 1.82) is 0 Å². The van der Waals surface area contributed by atoms with Gasteiger partial charge in [0, 0.05) is 30.0 Å². The number of ketones is 1. The molecule has 5 nitrogen and oxygen atoms in total. The van der Waals surface area contributed by atoms with Crippen LogP contribution in [0.1, 0.15) is 34.3 Å². The topological polar surface area (TPSA) is 63.7 Å². The highest BCUT2D eigenvalue weighted by Gasteiger charge is 2.22. The second-order valence-electron chi connectivity index (χ2n) is 6.76. The molecule has 2 aromatic carbocycles. The molecule has 0 aromatic heterocycles. The number of hydrogen-bond acceptors (Lipinski definition) is 5. The number of anilines is 1. The zero-order chi connectivity index (χ0) is 19.9. The Labute approximate surface area is 169 Å². The number of carbonyl (C=O) groups excluding carboxylic acids is 3. The molecule has 0 spiro atoms. The van der Waals surface area contributed by atoms with Crippen LogP contribution >= 0.6 is 11.8 Å². The van der Waals surface area contributed by atoms with Crippen LogP contribution in [0.15, 0.2) is 48.5 Å². The Kier molecular flexibility index (Phi) is 6.87. The van der Waals surface area contributed by atoms with Gasteiger partial charge in [0.05, 0.1) is 5.75 Å². The molecule has 1 amide bonds. The fourth-order valence-electron chi connectivity index (χ4n) is 2.98. The van der Waals surface area contributed by atoms with E-state index in [1.807, 2.05) is 37.3 Å². The Morgan fingerprint density at radius 2 is 1.93 bits per heavy atom. The lowest BCUT2D eigenvalue weighted by Crippen LogP contribution is -2.24. The number of hydrogen-bond donors (Lipinski definition) is 0. The van der Waals surface area contributed by atoms with E-state index in [1.165, 1.54) is 17.3 Å². The number of esters is 1. The molecular formula is C22H23NO4S. The van der Waals surface area contributed by atoms with Gasteiger partial charge in [0.1, 0.15) is 0 Å². The fraction of sp³-hybridized carbons (Fsp3) is 0.318. The van der Waals surface area contributed by atoms with Gasteiger partial charge in [-0.3, -0.25) is 14.4 Å². The summed E-state index contributed by atoms with van der Waals surface area (Å²) < 4.78 is 5.11. The van der Waals surface area contributed by atoms with Crippen LogP contribution in [0, 0.1) is 6.92 Å². The molecule has 2 aromatic rings. The van der Waals surface area contributed by atoms with Gasteiger partial charge in [-0.1, -0.05) is 42.0 Å². The average molecular weight is 397 g/mol. The van der Waals surface area contributed by atoms with Crippen LogP contribution in [0.3, 0.4) is 0 Å².